The van der Waals surface area contributed by atoms with Crippen LogP contribution in [0.4, 0.5) is 4.79 Å². The molecule has 5 nitrogen and oxygen atoms in total. The molecule has 15 heavy (non-hydrogen) atoms. The second kappa shape index (κ2) is 4.37. The quantitative estimate of drug-likeness (QED) is 0.611. The summed E-state index contributed by atoms with van der Waals surface area (Å²) in [4.78, 5) is 13.1. The number of rotatable bonds is 0. The van der Waals surface area contributed by atoms with E-state index >= 15 is 0 Å². The van der Waals surface area contributed by atoms with Crippen LogP contribution in [-0.2, 0) is 4.74 Å². The molecule has 0 bridgehead atoms. The van der Waals surface area contributed by atoms with Crippen LogP contribution in [0.3, 0.4) is 0 Å². The number of ether oxygens (including phenoxy) is 1. The summed E-state index contributed by atoms with van der Waals surface area (Å²) in [6.45, 7) is 6.26. The fourth-order valence-corrected chi connectivity index (χ4v) is 1.44. The number of β-amino-alcohol motifs (C(OH)–C–C–N with tert-alkyl or cyclic N) is 1. The minimum absolute atomic E-state index is 0.233. The summed E-state index contributed by atoms with van der Waals surface area (Å²) in [6.07, 6.45) is -0.417. The Morgan fingerprint density at radius 2 is 2.13 bits per heavy atom. The average Bonchev–Trinajstić information content (AvgIpc) is 2.06. The first kappa shape index (κ1) is 12.3. The number of piperidine rings is 1. The van der Waals surface area contributed by atoms with Crippen molar-refractivity contribution in [2.24, 2.45) is 5.73 Å². The maximum atomic E-state index is 11.6. The second-order valence-corrected chi connectivity index (χ2v) is 4.95. The SMILES string of the molecule is CC(C)(C)OC(=O)N1CC[C@@H](N)C(O)C1. The average molecular weight is 216 g/mol. The van der Waals surface area contributed by atoms with Crippen molar-refractivity contribution in [2.75, 3.05) is 13.1 Å². The molecule has 2 atom stereocenters. The molecule has 1 unspecified atom stereocenters. The van der Waals surface area contributed by atoms with Crippen LogP contribution in [0.1, 0.15) is 27.2 Å². The predicted octanol–water partition coefficient (Wildman–Crippen LogP) is 0.315. The van der Waals surface area contributed by atoms with Gasteiger partial charge in [-0.25, -0.2) is 4.79 Å². The zero-order chi connectivity index (χ0) is 11.6. The molecule has 0 aromatic carbocycles. The number of carbonyl (C=O) groups is 1. The van der Waals surface area contributed by atoms with Gasteiger partial charge in [-0.1, -0.05) is 0 Å². The number of carbonyl (C=O) groups excluding carboxylic acids is 1. The fraction of sp³-hybridized carbons (Fsp3) is 0.900. The van der Waals surface area contributed by atoms with Crippen molar-refractivity contribution in [3.8, 4) is 0 Å². The van der Waals surface area contributed by atoms with E-state index in [0.717, 1.165) is 0 Å². The van der Waals surface area contributed by atoms with Gasteiger partial charge in [-0.05, 0) is 27.2 Å². The van der Waals surface area contributed by atoms with Gasteiger partial charge in [-0.2, -0.15) is 0 Å². The van der Waals surface area contributed by atoms with Gasteiger partial charge in [0, 0.05) is 12.6 Å². The number of hydrogen-bond acceptors (Lipinski definition) is 4. The van der Waals surface area contributed by atoms with E-state index in [-0.39, 0.29) is 18.7 Å². The van der Waals surface area contributed by atoms with Gasteiger partial charge in [0.05, 0.1) is 12.6 Å². The van der Waals surface area contributed by atoms with Crippen LogP contribution < -0.4 is 5.73 Å². The van der Waals surface area contributed by atoms with Crippen molar-refractivity contribution in [2.45, 2.75) is 44.9 Å². The highest BCUT2D eigenvalue weighted by atomic mass is 16.6. The molecule has 1 aliphatic rings. The molecule has 0 radical (unpaired) electrons. The Morgan fingerprint density at radius 3 is 2.60 bits per heavy atom. The fourth-order valence-electron chi connectivity index (χ4n) is 1.44. The Kier molecular flexibility index (Phi) is 3.57. The molecule has 5 heteroatoms. The third-order valence-corrected chi connectivity index (χ3v) is 2.29. The smallest absolute Gasteiger partial charge is 0.410 e. The van der Waals surface area contributed by atoms with Gasteiger partial charge in [-0.15, -0.1) is 0 Å². The largest absolute Gasteiger partial charge is 0.444 e. The summed E-state index contributed by atoms with van der Waals surface area (Å²) in [5, 5.41) is 9.52. The molecule has 1 rings (SSSR count). The van der Waals surface area contributed by atoms with Gasteiger partial charge in [0.15, 0.2) is 0 Å². The summed E-state index contributed by atoms with van der Waals surface area (Å²) in [5.74, 6) is 0. The van der Waals surface area contributed by atoms with Crippen LogP contribution in [0.2, 0.25) is 0 Å². The Labute approximate surface area is 90.2 Å². The van der Waals surface area contributed by atoms with Crippen LogP contribution in [0, 0.1) is 0 Å². The standard InChI is InChI=1S/C10H20N2O3/c1-10(2,3)15-9(14)12-5-4-7(11)8(13)6-12/h7-8,13H,4-6,11H2,1-3H3/t7-,8?/m1/s1. The molecule has 0 aromatic heterocycles. The summed E-state index contributed by atoms with van der Waals surface area (Å²) < 4.78 is 5.20. The van der Waals surface area contributed by atoms with Gasteiger partial charge in [0.1, 0.15) is 5.60 Å². The van der Waals surface area contributed by atoms with Crippen molar-refractivity contribution >= 4 is 6.09 Å². The van der Waals surface area contributed by atoms with E-state index < -0.39 is 11.7 Å². The maximum absolute atomic E-state index is 11.6. The van der Waals surface area contributed by atoms with Crippen molar-refractivity contribution < 1.29 is 14.6 Å². The van der Waals surface area contributed by atoms with Gasteiger partial charge in [-0.3, -0.25) is 0 Å². The zero-order valence-corrected chi connectivity index (χ0v) is 9.56. The van der Waals surface area contributed by atoms with Crippen LogP contribution in [-0.4, -0.2) is 46.9 Å². The van der Waals surface area contributed by atoms with Crippen molar-refractivity contribution in [1.82, 2.24) is 4.90 Å². The highest BCUT2D eigenvalue weighted by Gasteiger charge is 2.30. The molecule has 0 aliphatic carbocycles. The number of aliphatic hydroxyl groups is 1. The molecule has 1 fully saturated rings. The lowest BCUT2D eigenvalue weighted by molar-refractivity contribution is -0.000607. The Balaban J connectivity index is 2.48. The Morgan fingerprint density at radius 1 is 1.53 bits per heavy atom. The van der Waals surface area contributed by atoms with Gasteiger partial charge in [0.2, 0.25) is 0 Å². The highest BCUT2D eigenvalue weighted by Crippen LogP contribution is 2.14. The minimum atomic E-state index is -0.647. The first-order valence-electron chi connectivity index (χ1n) is 5.21. The Bertz CT molecular complexity index is 237. The molecule has 1 saturated heterocycles. The minimum Gasteiger partial charge on any atom is -0.444 e. The summed E-state index contributed by atoms with van der Waals surface area (Å²) >= 11 is 0. The molecular formula is C10H20N2O3. The van der Waals surface area contributed by atoms with Crippen LogP contribution in [0.15, 0.2) is 0 Å². The monoisotopic (exact) mass is 216 g/mol. The van der Waals surface area contributed by atoms with Crippen LogP contribution >= 0.6 is 0 Å². The second-order valence-electron chi connectivity index (χ2n) is 4.95. The van der Waals surface area contributed by atoms with Crippen LogP contribution in [0.25, 0.3) is 0 Å². The lowest BCUT2D eigenvalue weighted by Crippen LogP contribution is -2.53. The van der Waals surface area contributed by atoms with E-state index in [1.807, 2.05) is 20.8 Å². The van der Waals surface area contributed by atoms with E-state index in [2.05, 4.69) is 0 Å². The van der Waals surface area contributed by atoms with Gasteiger partial charge >= 0.3 is 6.09 Å². The van der Waals surface area contributed by atoms with Gasteiger partial charge in [0.25, 0.3) is 0 Å². The molecule has 0 spiro atoms. The number of amides is 1. The van der Waals surface area contributed by atoms with E-state index in [9.17, 15) is 9.90 Å². The number of aliphatic hydroxyl groups excluding tert-OH is 1. The number of hydrogen-bond donors (Lipinski definition) is 2. The van der Waals surface area contributed by atoms with E-state index in [4.69, 9.17) is 10.5 Å². The number of likely N-dealkylation sites (tertiary alicyclic amines) is 1. The van der Waals surface area contributed by atoms with Crippen molar-refractivity contribution in [1.29, 1.82) is 0 Å². The van der Waals surface area contributed by atoms with Crippen molar-refractivity contribution in [3.63, 3.8) is 0 Å². The third kappa shape index (κ3) is 3.68. The zero-order valence-electron chi connectivity index (χ0n) is 9.56. The first-order chi connectivity index (χ1) is 6.79. The van der Waals surface area contributed by atoms with E-state index in [1.54, 1.807) is 0 Å². The van der Waals surface area contributed by atoms with E-state index in [1.165, 1.54) is 4.90 Å². The lowest BCUT2D eigenvalue weighted by atomic mass is 10.0. The van der Waals surface area contributed by atoms with Crippen molar-refractivity contribution in [3.05, 3.63) is 0 Å². The lowest BCUT2D eigenvalue weighted by Gasteiger charge is -2.35. The maximum Gasteiger partial charge on any atom is 0.410 e. The third-order valence-electron chi connectivity index (χ3n) is 2.29. The number of nitrogens with zero attached hydrogens (tertiary/aromatic N) is 1. The molecule has 3 N–H and O–H groups in total. The Hall–Kier alpha value is -0.810. The molecule has 88 valence electrons. The number of nitrogens with two attached hydrogens (primary N) is 1. The molecule has 1 amide bonds. The normalized spacial score (nSPS) is 27.7. The predicted molar refractivity (Wildman–Crippen MR) is 56.4 cm³/mol. The van der Waals surface area contributed by atoms with E-state index in [0.29, 0.717) is 13.0 Å². The molecular weight excluding hydrogens is 196 g/mol. The molecule has 0 saturated carbocycles. The van der Waals surface area contributed by atoms with Gasteiger partial charge < -0.3 is 20.5 Å². The topological polar surface area (TPSA) is 75.8 Å². The summed E-state index contributed by atoms with van der Waals surface area (Å²) in [6, 6.07) is -0.233. The summed E-state index contributed by atoms with van der Waals surface area (Å²) in [7, 11) is 0. The molecule has 1 heterocycles. The molecule has 1 aliphatic heterocycles. The highest BCUT2D eigenvalue weighted by molar-refractivity contribution is 5.68. The first-order valence-corrected chi connectivity index (χ1v) is 5.21. The molecule has 0 aromatic rings. The summed E-state index contributed by atoms with van der Waals surface area (Å²) in [5.41, 5.74) is 5.14. The van der Waals surface area contributed by atoms with Crippen LogP contribution in [0.5, 0.6) is 0 Å².